The van der Waals surface area contributed by atoms with Gasteiger partial charge in [0.1, 0.15) is 18.1 Å². The number of carbonyl (C=O) groups is 1. The van der Waals surface area contributed by atoms with Gasteiger partial charge in [-0.2, -0.15) is 0 Å². The van der Waals surface area contributed by atoms with Crippen molar-refractivity contribution in [2.75, 3.05) is 18.7 Å². The molecule has 170 valence electrons. The summed E-state index contributed by atoms with van der Waals surface area (Å²) in [6.07, 6.45) is 0. The third kappa shape index (κ3) is 5.94. The van der Waals surface area contributed by atoms with Gasteiger partial charge in [-0.15, -0.1) is 10.2 Å². The highest BCUT2D eigenvalue weighted by molar-refractivity contribution is 7.99. The monoisotopic (exact) mass is 455 g/mol. The number of aryl methyl sites for hydroxylation is 1. The number of methoxy groups -OCH3 is 1. The fourth-order valence-corrected chi connectivity index (χ4v) is 3.82. The van der Waals surface area contributed by atoms with Crippen molar-refractivity contribution in [1.82, 2.24) is 20.2 Å². The van der Waals surface area contributed by atoms with Crippen LogP contribution in [0.2, 0.25) is 0 Å². The predicted molar refractivity (Wildman–Crippen MR) is 125 cm³/mol. The van der Waals surface area contributed by atoms with E-state index in [4.69, 9.17) is 15.3 Å². The van der Waals surface area contributed by atoms with Crippen molar-refractivity contribution >= 4 is 17.7 Å². The third-order valence-corrected chi connectivity index (χ3v) is 5.83. The Morgan fingerprint density at radius 1 is 1.19 bits per heavy atom. The molecule has 0 unspecified atom stereocenters. The van der Waals surface area contributed by atoms with Gasteiger partial charge in [0, 0.05) is 12.1 Å². The highest BCUT2D eigenvalue weighted by Gasteiger charge is 2.15. The van der Waals surface area contributed by atoms with Crippen LogP contribution >= 0.6 is 11.8 Å². The number of nitrogens with two attached hydrogens (primary N) is 1. The standard InChI is InChI=1S/C23H29N5O3S/c1-15(2)18-10-9-16(3)11-20(18)31-13-21-26-27-23(28(21)24)32-14-22(29)25-12-17-7-5-6-8-19(17)30-4/h5-11,15H,12-14,24H2,1-4H3,(H,25,29). The van der Waals surface area contributed by atoms with E-state index in [9.17, 15) is 4.79 Å². The van der Waals surface area contributed by atoms with Crippen LogP contribution in [0.3, 0.4) is 0 Å². The molecule has 0 saturated heterocycles. The van der Waals surface area contributed by atoms with Gasteiger partial charge in [-0.1, -0.05) is 55.9 Å². The number of amides is 1. The summed E-state index contributed by atoms with van der Waals surface area (Å²) in [5.74, 6) is 8.53. The molecule has 3 aromatic rings. The van der Waals surface area contributed by atoms with Crippen LogP contribution in [0.4, 0.5) is 0 Å². The highest BCUT2D eigenvalue weighted by atomic mass is 32.2. The summed E-state index contributed by atoms with van der Waals surface area (Å²) in [4.78, 5) is 12.3. The lowest BCUT2D eigenvalue weighted by molar-refractivity contribution is -0.118. The van der Waals surface area contributed by atoms with Crippen molar-refractivity contribution in [2.24, 2.45) is 0 Å². The van der Waals surface area contributed by atoms with Gasteiger partial charge in [0.05, 0.1) is 12.9 Å². The molecule has 3 rings (SSSR count). The van der Waals surface area contributed by atoms with E-state index in [0.717, 1.165) is 28.2 Å². The molecular formula is C23H29N5O3S. The van der Waals surface area contributed by atoms with E-state index in [0.29, 0.717) is 23.4 Å². The van der Waals surface area contributed by atoms with Crippen molar-refractivity contribution in [1.29, 1.82) is 0 Å². The number of ether oxygens (including phenoxy) is 2. The van der Waals surface area contributed by atoms with Gasteiger partial charge >= 0.3 is 0 Å². The van der Waals surface area contributed by atoms with E-state index >= 15 is 0 Å². The largest absolute Gasteiger partial charge is 0.496 e. The molecule has 3 N–H and O–H groups in total. The Bertz CT molecular complexity index is 1070. The van der Waals surface area contributed by atoms with Gasteiger partial charge in [-0.05, 0) is 36.1 Å². The number of thioether (sulfide) groups is 1. The van der Waals surface area contributed by atoms with Gasteiger partial charge in [-0.25, -0.2) is 4.68 Å². The maximum atomic E-state index is 12.3. The molecule has 0 aliphatic carbocycles. The number of carbonyl (C=O) groups excluding carboxylic acids is 1. The van der Waals surface area contributed by atoms with Crippen molar-refractivity contribution in [2.45, 2.75) is 45.0 Å². The molecule has 0 aliphatic rings. The molecule has 1 aromatic heterocycles. The first-order chi connectivity index (χ1) is 15.4. The van der Waals surface area contributed by atoms with Crippen LogP contribution in [0.25, 0.3) is 0 Å². The minimum Gasteiger partial charge on any atom is -0.496 e. The van der Waals surface area contributed by atoms with Gasteiger partial charge in [0.2, 0.25) is 11.1 Å². The van der Waals surface area contributed by atoms with Crippen LogP contribution in [-0.2, 0) is 17.9 Å². The molecule has 0 bridgehead atoms. The molecule has 0 atom stereocenters. The Balaban J connectivity index is 1.54. The maximum Gasteiger partial charge on any atom is 0.230 e. The number of benzene rings is 2. The molecule has 0 spiro atoms. The quantitative estimate of drug-likeness (QED) is 0.356. The lowest BCUT2D eigenvalue weighted by atomic mass is 10.0. The van der Waals surface area contributed by atoms with Crippen LogP contribution in [0.1, 0.15) is 42.3 Å². The fraction of sp³-hybridized carbons (Fsp3) is 0.348. The molecule has 32 heavy (non-hydrogen) atoms. The molecule has 8 nitrogen and oxygen atoms in total. The smallest absolute Gasteiger partial charge is 0.230 e. The Morgan fingerprint density at radius 3 is 2.72 bits per heavy atom. The zero-order valence-electron chi connectivity index (χ0n) is 18.8. The summed E-state index contributed by atoms with van der Waals surface area (Å²) in [6.45, 7) is 6.84. The number of rotatable bonds is 10. The minimum atomic E-state index is -0.136. The number of nitrogens with one attached hydrogen (secondary N) is 1. The van der Waals surface area contributed by atoms with Crippen LogP contribution < -0.4 is 20.6 Å². The molecule has 0 aliphatic heterocycles. The van der Waals surface area contributed by atoms with Crippen LogP contribution in [0.15, 0.2) is 47.6 Å². The second-order valence-corrected chi connectivity index (χ2v) is 8.57. The van der Waals surface area contributed by atoms with E-state index in [-0.39, 0.29) is 18.3 Å². The van der Waals surface area contributed by atoms with E-state index in [1.807, 2.05) is 37.3 Å². The molecular weight excluding hydrogens is 426 g/mol. The zero-order valence-corrected chi connectivity index (χ0v) is 19.6. The average Bonchev–Trinajstić information content (AvgIpc) is 3.14. The number of aromatic nitrogens is 3. The van der Waals surface area contributed by atoms with Crippen LogP contribution in [0, 0.1) is 6.92 Å². The second-order valence-electron chi connectivity index (χ2n) is 7.63. The van der Waals surface area contributed by atoms with Gasteiger partial charge in [-0.3, -0.25) is 4.79 Å². The normalized spacial score (nSPS) is 10.9. The summed E-state index contributed by atoms with van der Waals surface area (Å²) in [6, 6.07) is 13.7. The van der Waals surface area contributed by atoms with Crippen LogP contribution in [0.5, 0.6) is 11.5 Å². The lowest BCUT2D eigenvalue weighted by Crippen LogP contribution is -2.25. The Kier molecular flexibility index (Phi) is 7.99. The first-order valence-electron chi connectivity index (χ1n) is 10.3. The van der Waals surface area contributed by atoms with E-state index in [2.05, 4.69) is 41.5 Å². The van der Waals surface area contributed by atoms with Gasteiger partial charge in [0.25, 0.3) is 0 Å². The molecule has 2 aromatic carbocycles. The zero-order chi connectivity index (χ0) is 23.1. The highest BCUT2D eigenvalue weighted by Crippen LogP contribution is 2.28. The summed E-state index contributed by atoms with van der Waals surface area (Å²) < 4.78 is 12.7. The predicted octanol–water partition coefficient (Wildman–Crippen LogP) is 3.42. The van der Waals surface area contributed by atoms with Crippen molar-refractivity contribution in [3.63, 3.8) is 0 Å². The summed E-state index contributed by atoms with van der Waals surface area (Å²) >= 11 is 1.22. The summed E-state index contributed by atoms with van der Waals surface area (Å²) in [7, 11) is 1.61. The SMILES string of the molecule is COc1ccccc1CNC(=O)CSc1nnc(COc2cc(C)ccc2C(C)C)n1N. The second kappa shape index (κ2) is 10.9. The molecule has 1 amide bonds. The number of para-hydroxylation sites is 1. The number of hydrogen-bond donors (Lipinski definition) is 2. The number of hydrogen-bond acceptors (Lipinski definition) is 7. The Hall–Kier alpha value is -3.20. The Morgan fingerprint density at radius 2 is 1.97 bits per heavy atom. The van der Waals surface area contributed by atoms with E-state index in [1.54, 1.807) is 7.11 Å². The molecule has 0 saturated carbocycles. The maximum absolute atomic E-state index is 12.3. The molecule has 1 heterocycles. The third-order valence-electron chi connectivity index (χ3n) is 4.88. The molecule has 9 heteroatoms. The molecule has 0 radical (unpaired) electrons. The first kappa shape index (κ1) is 23.5. The Labute approximate surface area is 192 Å². The number of nitrogens with zero attached hydrogens (tertiary/aromatic N) is 3. The van der Waals surface area contributed by atoms with Gasteiger partial charge < -0.3 is 20.6 Å². The number of nitrogen functional groups attached to an aromatic ring is 1. The minimum absolute atomic E-state index is 0.136. The van der Waals surface area contributed by atoms with Crippen LogP contribution in [-0.4, -0.2) is 33.6 Å². The fourth-order valence-electron chi connectivity index (χ4n) is 3.11. The van der Waals surface area contributed by atoms with Crippen molar-refractivity contribution < 1.29 is 14.3 Å². The van der Waals surface area contributed by atoms with Crippen molar-refractivity contribution in [3.05, 3.63) is 65.0 Å². The van der Waals surface area contributed by atoms with E-state index < -0.39 is 0 Å². The summed E-state index contributed by atoms with van der Waals surface area (Å²) in [5.41, 5.74) is 3.15. The molecule has 0 fully saturated rings. The van der Waals surface area contributed by atoms with E-state index in [1.165, 1.54) is 16.4 Å². The first-order valence-corrected chi connectivity index (χ1v) is 11.3. The van der Waals surface area contributed by atoms with Crippen molar-refractivity contribution in [3.8, 4) is 11.5 Å². The average molecular weight is 456 g/mol. The lowest BCUT2D eigenvalue weighted by Gasteiger charge is -2.14. The topological polar surface area (TPSA) is 104 Å². The van der Waals surface area contributed by atoms with Gasteiger partial charge in [0.15, 0.2) is 5.82 Å². The summed E-state index contributed by atoms with van der Waals surface area (Å²) in [5, 5.41) is 11.5.